The third kappa shape index (κ3) is 1.90. The van der Waals surface area contributed by atoms with Crippen molar-refractivity contribution in [1.29, 1.82) is 0 Å². The number of aliphatic imine (C=N–C) groups is 1. The van der Waals surface area contributed by atoms with Crippen LogP contribution >= 0.6 is 0 Å². The van der Waals surface area contributed by atoms with Crippen LogP contribution in [0, 0.1) is 13.8 Å². The summed E-state index contributed by atoms with van der Waals surface area (Å²) in [5, 5.41) is 0. The highest BCUT2D eigenvalue weighted by atomic mass is 16.5. The molecule has 0 aliphatic carbocycles. The van der Waals surface area contributed by atoms with Crippen molar-refractivity contribution in [2.75, 3.05) is 6.61 Å². The SMILES string of the molecule is CCOC(=O)c1c(C)c(N=C=O)c(C)n1C. The van der Waals surface area contributed by atoms with Gasteiger partial charge >= 0.3 is 5.97 Å². The number of aromatic nitrogens is 1. The maximum atomic E-state index is 11.7. The van der Waals surface area contributed by atoms with Gasteiger partial charge in [-0.25, -0.2) is 9.59 Å². The summed E-state index contributed by atoms with van der Waals surface area (Å²) in [6.45, 7) is 5.57. The van der Waals surface area contributed by atoms with Gasteiger partial charge in [-0.1, -0.05) is 0 Å². The Labute approximate surface area is 93.7 Å². The Kier molecular flexibility index (Phi) is 3.64. The van der Waals surface area contributed by atoms with E-state index in [0.717, 1.165) is 5.69 Å². The van der Waals surface area contributed by atoms with Gasteiger partial charge in [0.25, 0.3) is 0 Å². The minimum Gasteiger partial charge on any atom is -0.461 e. The lowest BCUT2D eigenvalue weighted by molar-refractivity contribution is 0.0514. The third-order valence-electron chi connectivity index (χ3n) is 2.52. The Morgan fingerprint density at radius 3 is 2.62 bits per heavy atom. The average Bonchev–Trinajstić information content (AvgIpc) is 2.44. The zero-order valence-electron chi connectivity index (χ0n) is 9.83. The van der Waals surface area contributed by atoms with Gasteiger partial charge in [0.15, 0.2) is 0 Å². The molecule has 0 spiro atoms. The Balaban J connectivity index is 3.36. The molecule has 0 radical (unpaired) electrons. The van der Waals surface area contributed by atoms with Gasteiger partial charge in [-0.15, -0.1) is 0 Å². The first-order valence-electron chi connectivity index (χ1n) is 4.95. The van der Waals surface area contributed by atoms with Crippen LogP contribution in [0.5, 0.6) is 0 Å². The second kappa shape index (κ2) is 4.77. The summed E-state index contributed by atoms with van der Waals surface area (Å²) in [6, 6.07) is 0. The molecule has 0 aromatic carbocycles. The Hall–Kier alpha value is -1.87. The normalized spacial score (nSPS) is 9.75. The third-order valence-corrected chi connectivity index (χ3v) is 2.52. The molecule has 5 heteroatoms. The first-order valence-corrected chi connectivity index (χ1v) is 4.95. The van der Waals surface area contributed by atoms with E-state index < -0.39 is 5.97 Å². The standard InChI is InChI=1S/C11H14N2O3/c1-5-16-11(15)10-7(2)9(12-6-14)8(3)13(10)4/h5H2,1-4H3. The molecule has 0 saturated carbocycles. The second-order valence-electron chi connectivity index (χ2n) is 3.39. The molecule has 0 bridgehead atoms. The molecule has 0 saturated heterocycles. The van der Waals surface area contributed by atoms with E-state index in [0.29, 0.717) is 23.6 Å². The highest BCUT2D eigenvalue weighted by molar-refractivity contribution is 5.92. The van der Waals surface area contributed by atoms with Gasteiger partial charge < -0.3 is 9.30 Å². The molecule has 0 atom stereocenters. The van der Waals surface area contributed by atoms with Crippen molar-refractivity contribution in [1.82, 2.24) is 4.57 Å². The Bertz CT molecular complexity index is 468. The zero-order valence-corrected chi connectivity index (χ0v) is 9.83. The van der Waals surface area contributed by atoms with Crippen molar-refractivity contribution in [3.05, 3.63) is 17.0 Å². The first-order chi connectivity index (χ1) is 7.54. The number of ether oxygens (including phenoxy) is 1. The van der Waals surface area contributed by atoms with Crippen LogP contribution in [0.15, 0.2) is 4.99 Å². The van der Waals surface area contributed by atoms with E-state index >= 15 is 0 Å². The van der Waals surface area contributed by atoms with Crippen LogP contribution in [0.3, 0.4) is 0 Å². The zero-order chi connectivity index (χ0) is 12.3. The van der Waals surface area contributed by atoms with Crippen LogP contribution in [0.2, 0.25) is 0 Å². The predicted octanol–water partition coefficient (Wildman–Crippen LogP) is 1.79. The molecule has 0 unspecified atom stereocenters. The largest absolute Gasteiger partial charge is 0.461 e. The molecule has 16 heavy (non-hydrogen) atoms. The number of carbonyl (C=O) groups excluding carboxylic acids is 2. The van der Waals surface area contributed by atoms with Crippen LogP contribution in [0.1, 0.15) is 28.7 Å². The van der Waals surface area contributed by atoms with Crippen LogP contribution in [0.25, 0.3) is 0 Å². The quantitative estimate of drug-likeness (QED) is 0.445. The molecule has 1 aromatic heterocycles. The van der Waals surface area contributed by atoms with E-state index in [9.17, 15) is 9.59 Å². The summed E-state index contributed by atoms with van der Waals surface area (Å²) in [4.78, 5) is 25.5. The lowest BCUT2D eigenvalue weighted by atomic mass is 10.2. The van der Waals surface area contributed by atoms with Crippen molar-refractivity contribution in [2.45, 2.75) is 20.8 Å². The highest BCUT2D eigenvalue weighted by Crippen LogP contribution is 2.29. The minimum absolute atomic E-state index is 0.314. The van der Waals surface area contributed by atoms with Crippen LogP contribution in [-0.2, 0) is 16.6 Å². The van der Waals surface area contributed by atoms with Gasteiger partial charge in [0.05, 0.1) is 6.61 Å². The molecular weight excluding hydrogens is 208 g/mol. The lowest BCUT2D eigenvalue weighted by Crippen LogP contribution is -2.11. The summed E-state index contributed by atoms with van der Waals surface area (Å²) in [5.74, 6) is -0.405. The monoisotopic (exact) mass is 222 g/mol. The highest BCUT2D eigenvalue weighted by Gasteiger charge is 2.21. The topological polar surface area (TPSA) is 60.7 Å². The maximum absolute atomic E-state index is 11.7. The smallest absolute Gasteiger partial charge is 0.355 e. The lowest BCUT2D eigenvalue weighted by Gasteiger charge is -2.04. The van der Waals surface area contributed by atoms with E-state index in [1.54, 1.807) is 32.4 Å². The number of esters is 1. The number of hydrogen-bond donors (Lipinski definition) is 0. The molecule has 0 aliphatic heterocycles. The van der Waals surface area contributed by atoms with Gasteiger partial charge in [0.2, 0.25) is 6.08 Å². The summed E-state index contributed by atoms with van der Waals surface area (Å²) in [6.07, 6.45) is 1.49. The number of isocyanates is 1. The van der Waals surface area contributed by atoms with Gasteiger partial charge in [-0.3, -0.25) is 0 Å². The van der Waals surface area contributed by atoms with Crippen molar-refractivity contribution in [2.24, 2.45) is 12.0 Å². The summed E-state index contributed by atoms with van der Waals surface area (Å²) < 4.78 is 6.61. The number of carbonyl (C=O) groups is 1. The average molecular weight is 222 g/mol. The fourth-order valence-corrected chi connectivity index (χ4v) is 1.66. The van der Waals surface area contributed by atoms with Gasteiger partial charge in [0, 0.05) is 18.3 Å². The number of hydrogen-bond acceptors (Lipinski definition) is 4. The maximum Gasteiger partial charge on any atom is 0.355 e. The molecular formula is C11H14N2O3. The van der Waals surface area contributed by atoms with E-state index in [-0.39, 0.29) is 0 Å². The fraction of sp³-hybridized carbons (Fsp3) is 0.455. The Morgan fingerprint density at radius 2 is 2.12 bits per heavy atom. The first kappa shape index (κ1) is 12.2. The van der Waals surface area contributed by atoms with Gasteiger partial charge in [-0.2, -0.15) is 4.99 Å². The van der Waals surface area contributed by atoms with Gasteiger partial charge in [0.1, 0.15) is 11.4 Å². The predicted molar refractivity (Wildman–Crippen MR) is 58.6 cm³/mol. The molecule has 1 rings (SSSR count). The molecule has 0 fully saturated rings. The number of nitrogens with zero attached hydrogens (tertiary/aromatic N) is 2. The second-order valence-corrected chi connectivity index (χ2v) is 3.39. The minimum atomic E-state index is -0.405. The number of rotatable bonds is 3. The van der Waals surface area contributed by atoms with E-state index in [2.05, 4.69) is 4.99 Å². The molecule has 0 N–H and O–H groups in total. The van der Waals surface area contributed by atoms with Crippen LogP contribution in [0.4, 0.5) is 5.69 Å². The van der Waals surface area contributed by atoms with Crippen molar-refractivity contribution in [3.8, 4) is 0 Å². The molecule has 0 amide bonds. The van der Waals surface area contributed by atoms with Crippen molar-refractivity contribution >= 4 is 17.7 Å². The molecule has 1 heterocycles. The van der Waals surface area contributed by atoms with E-state index in [1.165, 1.54) is 6.08 Å². The summed E-state index contributed by atoms with van der Waals surface area (Å²) >= 11 is 0. The molecule has 5 nitrogen and oxygen atoms in total. The van der Waals surface area contributed by atoms with E-state index in [4.69, 9.17) is 4.74 Å². The summed E-state index contributed by atoms with van der Waals surface area (Å²) in [7, 11) is 1.73. The van der Waals surface area contributed by atoms with Gasteiger partial charge in [-0.05, 0) is 20.8 Å². The fourth-order valence-electron chi connectivity index (χ4n) is 1.66. The molecule has 1 aromatic rings. The Morgan fingerprint density at radius 1 is 1.50 bits per heavy atom. The molecule has 86 valence electrons. The summed E-state index contributed by atoms with van der Waals surface area (Å²) in [5.41, 5.74) is 2.29. The van der Waals surface area contributed by atoms with Crippen LogP contribution < -0.4 is 0 Å². The van der Waals surface area contributed by atoms with Crippen molar-refractivity contribution in [3.63, 3.8) is 0 Å². The van der Waals surface area contributed by atoms with Crippen LogP contribution in [-0.4, -0.2) is 23.2 Å². The van der Waals surface area contributed by atoms with E-state index in [1.807, 2.05) is 0 Å². The van der Waals surface area contributed by atoms with Crippen molar-refractivity contribution < 1.29 is 14.3 Å². The molecule has 0 aliphatic rings.